The average Bonchev–Trinajstić information content (AvgIpc) is 3.16. The van der Waals surface area contributed by atoms with E-state index >= 15 is 0 Å². The number of alkyl halides is 3. The Labute approximate surface area is 172 Å². The molecule has 0 spiro atoms. The minimum absolute atomic E-state index is 0.0345. The van der Waals surface area contributed by atoms with Crippen LogP contribution >= 0.6 is 34.8 Å². The van der Waals surface area contributed by atoms with Crippen molar-refractivity contribution in [3.63, 3.8) is 0 Å². The maximum atomic E-state index is 12.5. The number of hydrogen-bond donors (Lipinski definition) is 2. The fraction of sp³-hybridized carbons (Fsp3) is 0.500. The first-order valence-corrected chi connectivity index (χ1v) is 11.0. The fourth-order valence-electron chi connectivity index (χ4n) is 3.27. The molecule has 1 unspecified atom stereocenters. The van der Waals surface area contributed by atoms with Crippen LogP contribution in [-0.4, -0.2) is 47.1 Å². The number of carbonyl (C=O) groups excluding carboxylic acids is 2. The summed E-state index contributed by atoms with van der Waals surface area (Å²) in [5, 5.41) is 5.57. The molecule has 0 aromatic heterocycles. The molecule has 1 heterocycles. The number of carbonyl (C=O) groups is 2. The van der Waals surface area contributed by atoms with Crippen molar-refractivity contribution in [3.05, 3.63) is 29.8 Å². The summed E-state index contributed by atoms with van der Waals surface area (Å²) in [6.07, 6.45) is 2.84. The number of nitrogens with zero attached hydrogens (tertiary/aromatic N) is 1. The number of rotatable bonds is 5. The Hall–Kier alpha value is -1.06. The molecule has 0 bridgehead atoms. The van der Waals surface area contributed by atoms with Crippen LogP contribution in [0, 0.1) is 0 Å². The van der Waals surface area contributed by atoms with Crippen molar-refractivity contribution in [3.8, 4) is 0 Å². The van der Waals surface area contributed by atoms with Crippen LogP contribution in [-0.2, 0) is 14.8 Å². The van der Waals surface area contributed by atoms with Gasteiger partial charge in [-0.2, -0.15) is 0 Å². The molecule has 1 aliphatic carbocycles. The Morgan fingerprint density at radius 1 is 1.22 bits per heavy atom. The van der Waals surface area contributed by atoms with Gasteiger partial charge >= 0.3 is 0 Å². The molecule has 1 aliphatic heterocycles. The van der Waals surface area contributed by atoms with Crippen molar-refractivity contribution in [1.29, 1.82) is 0 Å². The lowest BCUT2D eigenvalue weighted by atomic mass is 10.2. The van der Waals surface area contributed by atoms with Gasteiger partial charge < -0.3 is 5.32 Å². The summed E-state index contributed by atoms with van der Waals surface area (Å²) < 4.78 is 23.7. The van der Waals surface area contributed by atoms with Gasteiger partial charge in [-0.15, -0.1) is 0 Å². The lowest BCUT2D eigenvalue weighted by molar-refractivity contribution is -0.122. The summed E-state index contributed by atoms with van der Waals surface area (Å²) in [5.41, 5.74) is 0.0345. The molecule has 148 valence electrons. The molecule has 1 aromatic carbocycles. The molecule has 1 fully saturated rings. The van der Waals surface area contributed by atoms with Crippen LogP contribution < -0.4 is 10.6 Å². The van der Waals surface area contributed by atoms with Crippen molar-refractivity contribution >= 4 is 56.6 Å². The number of hydrogen-bond acceptors (Lipinski definition) is 5. The molecule has 2 amide bonds. The highest BCUT2D eigenvalue weighted by Crippen LogP contribution is 2.32. The minimum atomic E-state index is -4.08. The molecule has 7 nitrogen and oxygen atoms in total. The smallest absolute Gasteiger partial charge is 0.269 e. The highest BCUT2D eigenvalue weighted by atomic mass is 35.6. The maximum absolute atomic E-state index is 12.5. The van der Waals surface area contributed by atoms with Gasteiger partial charge in [-0.1, -0.05) is 59.8 Å². The number of benzene rings is 1. The first-order chi connectivity index (χ1) is 12.6. The first kappa shape index (κ1) is 20.7. The zero-order valence-electron chi connectivity index (χ0n) is 14.1. The van der Waals surface area contributed by atoms with E-state index in [0.717, 1.165) is 25.7 Å². The SMILES string of the molecule is O=C(CN1C(=O)c2ccccc2S1(=O)=O)NC(NC1CCCC1)C(Cl)(Cl)Cl. The quantitative estimate of drug-likeness (QED) is 0.525. The summed E-state index contributed by atoms with van der Waals surface area (Å²) >= 11 is 17.9. The van der Waals surface area contributed by atoms with Crippen LogP contribution in [0.15, 0.2) is 29.2 Å². The van der Waals surface area contributed by atoms with Crippen molar-refractivity contribution in [2.45, 2.75) is 46.6 Å². The minimum Gasteiger partial charge on any atom is -0.335 e. The van der Waals surface area contributed by atoms with Gasteiger partial charge in [-0.05, 0) is 25.0 Å². The Morgan fingerprint density at radius 2 is 1.85 bits per heavy atom. The number of sulfonamides is 1. The third-order valence-electron chi connectivity index (χ3n) is 4.59. The predicted octanol–water partition coefficient (Wildman–Crippen LogP) is 2.18. The van der Waals surface area contributed by atoms with Gasteiger partial charge in [0, 0.05) is 6.04 Å². The Bertz CT molecular complexity index is 851. The highest BCUT2D eigenvalue weighted by molar-refractivity contribution is 7.90. The van der Waals surface area contributed by atoms with Gasteiger partial charge in [-0.25, -0.2) is 12.7 Å². The first-order valence-electron chi connectivity index (χ1n) is 8.39. The third-order valence-corrected chi connectivity index (χ3v) is 7.03. The molecule has 0 radical (unpaired) electrons. The highest BCUT2D eigenvalue weighted by Gasteiger charge is 2.43. The van der Waals surface area contributed by atoms with E-state index in [1.807, 2.05) is 0 Å². The predicted molar refractivity (Wildman–Crippen MR) is 102 cm³/mol. The summed E-state index contributed by atoms with van der Waals surface area (Å²) in [6, 6.07) is 5.88. The van der Waals surface area contributed by atoms with Crippen LogP contribution in [0.1, 0.15) is 36.0 Å². The summed E-state index contributed by atoms with van der Waals surface area (Å²) in [7, 11) is -4.08. The summed E-state index contributed by atoms with van der Waals surface area (Å²) in [6.45, 7) is -0.695. The third kappa shape index (κ3) is 4.35. The van der Waals surface area contributed by atoms with E-state index in [0.29, 0.717) is 4.31 Å². The van der Waals surface area contributed by atoms with Crippen LogP contribution in [0.4, 0.5) is 0 Å². The van der Waals surface area contributed by atoms with Crippen LogP contribution in [0.3, 0.4) is 0 Å². The zero-order valence-corrected chi connectivity index (χ0v) is 17.2. The lowest BCUT2D eigenvalue weighted by Crippen LogP contribution is -2.57. The molecule has 1 atom stereocenters. The molecular weight excluding hydrogens is 437 g/mol. The molecule has 2 N–H and O–H groups in total. The molecule has 11 heteroatoms. The second-order valence-corrected chi connectivity index (χ2v) is 10.7. The van der Waals surface area contributed by atoms with Crippen LogP contribution in [0.5, 0.6) is 0 Å². The van der Waals surface area contributed by atoms with E-state index in [1.54, 1.807) is 6.07 Å². The molecule has 2 aliphatic rings. The molecule has 1 aromatic rings. The number of nitrogens with one attached hydrogen (secondary N) is 2. The van der Waals surface area contributed by atoms with Gasteiger partial charge in [0.25, 0.3) is 15.9 Å². The van der Waals surface area contributed by atoms with Crippen molar-refractivity contribution < 1.29 is 18.0 Å². The van der Waals surface area contributed by atoms with Crippen LogP contribution in [0.25, 0.3) is 0 Å². The lowest BCUT2D eigenvalue weighted by Gasteiger charge is -2.30. The monoisotopic (exact) mass is 453 g/mol. The normalized spacial score (nSPS) is 20.6. The molecular formula is C16H18Cl3N3O4S. The van der Waals surface area contributed by atoms with Gasteiger partial charge in [0.1, 0.15) is 17.6 Å². The molecule has 0 saturated heterocycles. The number of amides is 2. The van der Waals surface area contributed by atoms with Crippen molar-refractivity contribution in [2.75, 3.05) is 6.54 Å². The second kappa shape index (κ2) is 7.75. The zero-order chi connectivity index (χ0) is 19.8. The van der Waals surface area contributed by atoms with Gasteiger partial charge in [-0.3, -0.25) is 14.9 Å². The second-order valence-electron chi connectivity index (χ2n) is 6.50. The Kier molecular flexibility index (Phi) is 5.93. The van der Waals surface area contributed by atoms with E-state index in [2.05, 4.69) is 10.6 Å². The van der Waals surface area contributed by atoms with E-state index in [4.69, 9.17) is 34.8 Å². The number of halogens is 3. The Morgan fingerprint density at radius 3 is 2.44 bits per heavy atom. The molecule has 27 heavy (non-hydrogen) atoms. The topological polar surface area (TPSA) is 95.6 Å². The Balaban J connectivity index is 1.72. The number of fused-ring (bicyclic) bond motifs is 1. The van der Waals surface area contributed by atoms with E-state index in [1.165, 1.54) is 18.2 Å². The average molecular weight is 455 g/mol. The van der Waals surface area contributed by atoms with E-state index in [-0.39, 0.29) is 16.5 Å². The van der Waals surface area contributed by atoms with Crippen molar-refractivity contribution in [1.82, 2.24) is 14.9 Å². The molecule has 3 rings (SSSR count). The summed E-state index contributed by atoms with van der Waals surface area (Å²) in [5.74, 6) is -1.50. The van der Waals surface area contributed by atoms with E-state index < -0.39 is 38.3 Å². The maximum Gasteiger partial charge on any atom is 0.269 e. The van der Waals surface area contributed by atoms with Crippen LogP contribution in [0.2, 0.25) is 0 Å². The van der Waals surface area contributed by atoms with Crippen molar-refractivity contribution in [2.24, 2.45) is 0 Å². The standard InChI is InChI=1S/C16H18Cl3N3O4S/c17-16(18,19)15(20-10-5-1-2-6-10)21-13(23)9-22-14(24)11-7-3-4-8-12(11)27(22,25)26/h3-4,7-8,10,15,20H,1-2,5-6,9H2,(H,21,23). The van der Waals surface area contributed by atoms with Gasteiger partial charge in [0.2, 0.25) is 9.70 Å². The summed E-state index contributed by atoms with van der Waals surface area (Å²) in [4.78, 5) is 24.7. The van der Waals surface area contributed by atoms with E-state index in [9.17, 15) is 18.0 Å². The van der Waals surface area contributed by atoms with Gasteiger partial charge in [0.15, 0.2) is 0 Å². The largest absolute Gasteiger partial charge is 0.335 e. The van der Waals surface area contributed by atoms with Gasteiger partial charge in [0.05, 0.1) is 5.56 Å². The fourth-order valence-corrected chi connectivity index (χ4v) is 5.15. The molecule has 1 saturated carbocycles.